The number of amides is 1. The summed E-state index contributed by atoms with van der Waals surface area (Å²) in [4.78, 5) is 27.4. The summed E-state index contributed by atoms with van der Waals surface area (Å²) in [5, 5.41) is 0.638. The maximum absolute atomic E-state index is 12.9. The van der Waals surface area contributed by atoms with Gasteiger partial charge >= 0.3 is 0 Å². The Morgan fingerprint density at radius 2 is 1.81 bits per heavy atom. The molecule has 2 aromatic rings. The predicted octanol–water partition coefficient (Wildman–Crippen LogP) is 4.15. The Morgan fingerprint density at radius 1 is 1.09 bits per heavy atom. The molecular formula is C24H26ClNO6. The largest absolute Gasteiger partial charge is 0.496 e. The highest BCUT2D eigenvalue weighted by molar-refractivity contribution is 6.30. The normalized spacial score (nSPS) is 16.8. The van der Waals surface area contributed by atoms with Gasteiger partial charge in [0.15, 0.2) is 5.78 Å². The fourth-order valence-electron chi connectivity index (χ4n) is 4.24. The van der Waals surface area contributed by atoms with Crippen LogP contribution in [0.1, 0.15) is 36.0 Å². The lowest BCUT2D eigenvalue weighted by Gasteiger charge is -2.44. The quantitative estimate of drug-likeness (QED) is 0.646. The summed E-state index contributed by atoms with van der Waals surface area (Å²) in [6.45, 7) is 1.36. The van der Waals surface area contributed by atoms with Crippen LogP contribution in [0.15, 0.2) is 36.4 Å². The van der Waals surface area contributed by atoms with Crippen molar-refractivity contribution in [2.45, 2.75) is 31.3 Å². The number of nitrogens with zero attached hydrogens (tertiary/aromatic N) is 1. The van der Waals surface area contributed by atoms with E-state index in [0.717, 1.165) is 0 Å². The van der Waals surface area contributed by atoms with Crippen LogP contribution in [0.2, 0.25) is 5.02 Å². The van der Waals surface area contributed by atoms with E-state index >= 15 is 0 Å². The van der Waals surface area contributed by atoms with Crippen molar-refractivity contribution in [1.82, 2.24) is 4.90 Å². The average molecular weight is 460 g/mol. The van der Waals surface area contributed by atoms with Gasteiger partial charge in [0.05, 0.1) is 33.7 Å². The van der Waals surface area contributed by atoms with Gasteiger partial charge in [-0.2, -0.15) is 0 Å². The van der Waals surface area contributed by atoms with E-state index in [9.17, 15) is 9.59 Å². The summed E-state index contributed by atoms with van der Waals surface area (Å²) in [6.07, 6.45) is 1.72. The molecule has 2 aromatic carbocycles. The number of Topliss-reactive ketones (excluding diaryl/α,β-unsaturated/α-hetero) is 1. The zero-order chi connectivity index (χ0) is 22.7. The van der Waals surface area contributed by atoms with E-state index in [1.807, 2.05) is 4.90 Å². The Balaban J connectivity index is 1.35. The summed E-state index contributed by atoms with van der Waals surface area (Å²) in [5.74, 6) is 2.19. The monoisotopic (exact) mass is 459 g/mol. The van der Waals surface area contributed by atoms with Crippen molar-refractivity contribution in [3.63, 3.8) is 0 Å². The lowest BCUT2D eigenvalue weighted by atomic mass is 9.82. The van der Waals surface area contributed by atoms with Crippen molar-refractivity contribution < 1.29 is 28.5 Å². The maximum atomic E-state index is 12.9. The van der Waals surface area contributed by atoms with E-state index in [4.69, 9.17) is 30.5 Å². The number of rotatable bonds is 6. The molecule has 0 radical (unpaired) electrons. The Bertz CT molecular complexity index is 998. The van der Waals surface area contributed by atoms with Gasteiger partial charge in [-0.3, -0.25) is 9.59 Å². The van der Waals surface area contributed by atoms with Crippen LogP contribution >= 0.6 is 11.6 Å². The third-order valence-corrected chi connectivity index (χ3v) is 6.26. The molecule has 4 rings (SSSR count). The summed E-state index contributed by atoms with van der Waals surface area (Å²) in [6, 6.07) is 10.5. The number of fused-ring (bicyclic) bond motifs is 1. The number of likely N-dealkylation sites (tertiary alicyclic amines) is 1. The second-order valence-corrected chi connectivity index (χ2v) is 8.46. The molecule has 1 amide bonds. The van der Waals surface area contributed by atoms with Crippen LogP contribution < -0.4 is 18.9 Å². The Kier molecular flexibility index (Phi) is 6.46. The second-order valence-electron chi connectivity index (χ2n) is 8.02. The van der Waals surface area contributed by atoms with Gasteiger partial charge in [-0.1, -0.05) is 11.6 Å². The van der Waals surface area contributed by atoms with Crippen molar-refractivity contribution in [2.75, 3.05) is 33.9 Å². The number of ketones is 1. The van der Waals surface area contributed by atoms with E-state index in [0.29, 0.717) is 66.1 Å². The number of hydrogen-bond acceptors (Lipinski definition) is 6. The predicted molar refractivity (Wildman–Crippen MR) is 119 cm³/mol. The first kappa shape index (κ1) is 22.3. The standard InChI is InChI=1S/C24H26ClNO6/c1-29-18-13-20(30-2)23-19(27)15-24(32-21(23)14-18)8-10-26(11-9-24)22(28)7-12-31-17-5-3-16(25)4-6-17/h3-6,13-14H,7-12,15H2,1-2H3. The molecule has 0 unspecified atom stereocenters. The number of ether oxygens (including phenoxy) is 4. The molecule has 7 nitrogen and oxygen atoms in total. The molecule has 8 heteroatoms. The lowest BCUT2D eigenvalue weighted by Crippen LogP contribution is -2.52. The summed E-state index contributed by atoms with van der Waals surface area (Å²) in [5.41, 5.74) is -0.158. The van der Waals surface area contributed by atoms with E-state index in [-0.39, 0.29) is 24.5 Å². The minimum atomic E-state index is -0.613. The van der Waals surface area contributed by atoms with Crippen LogP contribution in [-0.4, -0.2) is 56.1 Å². The third-order valence-electron chi connectivity index (χ3n) is 6.01. The molecule has 0 aromatic heterocycles. The highest BCUT2D eigenvalue weighted by Crippen LogP contribution is 2.44. The lowest BCUT2D eigenvalue weighted by molar-refractivity contribution is -0.135. The van der Waals surface area contributed by atoms with Crippen LogP contribution in [0.3, 0.4) is 0 Å². The molecule has 1 spiro atoms. The Labute approximate surface area is 192 Å². The van der Waals surface area contributed by atoms with Gasteiger partial charge in [0, 0.05) is 43.1 Å². The fraction of sp³-hybridized carbons (Fsp3) is 0.417. The molecule has 2 aliphatic rings. The van der Waals surface area contributed by atoms with Gasteiger partial charge < -0.3 is 23.8 Å². The maximum Gasteiger partial charge on any atom is 0.226 e. The van der Waals surface area contributed by atoms with Crippen LogP contribution in [0.4, 0.5) is 0 Å². The van der Waals surface area contributed by atoms with Crippen LogP contribution in [0.25, 0.3) is 0 Å². The van der Waals surface area contributed by atoms with Crippen LogP contribution in [0.5, 0.6) is 23.0 Å². The number of hydrogen-bond donors (Lipinski definition) is 0. The van der Waals surface area contributed by atoms with Crippen molar-refractivity contribution in [1.29, 1.82) is 0 Å². The topological polar surface area (TPSA) is 74.3 Å². The Morgan fingerprint density at radius 3 is 2.47 bits per heavy atom. The number of piperidine rings is 1. The SMILES string of the molecule is COc1cc(OC)c2c(c1)OC1(CCN(C(=O)CCOc3ccc(Cl)cc3)CC1)CC2=O. The second kappa shape index (κ2) is 9.28. The van der Waals surface area contributed by atoms with Gasteiger partial charge in [-0.25, -0.2) is 0 Å². The number of benzene rings is 2. The van der Waals surface area contributed by atoms with Gasteiger partial charge in [-0.15, -0.1) is 0 Å². The molecule has 0 aliphatic carbocycles. The average Bonchev–Trinajstić information content (AvgIpc) is 2.79. The minimum Gasteiger partial charge on any atom is -0.496 e. The molecule has 0 atom stereocenters. The van der Waals surface area contributed by atoms with Gasteiger partial charge in [0.2, 0.25) is 5.91 Å². The number of methoxy groups -OCH3 is 2. The van der Waals surface area contributed by atoms with Crippen molar-refractivity contribution in [3.8, 4) is 23.0 Å². The first-order chi connectivity index (χ1) is 15.4. The van der Waals surface area contributed by atoms with E-state index in [1.54, 1.807) is 43.5 Å². The molecular weight excluding hydrogens is 434 g/mol. The fourth-order valence-corrected chi connectivity index (χ4v) is 4.36. The van der Waals surface area contributed by atoms with Gasteiger partial charge in [0.25, 0.3) is 0 Å². The minimum absolute atomic E-state index is 0.0121. The number of carbonyl (C=O) groups excluding carboxylic acids is 2. The van der Waals surface area contributed by atoms with Crippen molar-refractivity contribution in [2.24, 2.45) is 0 Å². The molecule has 0 saturated carbocycles. The zero-order valence-electron chi connectivity index (χ0n) is 18.2. The van der Waals surface area contributed by atoms with Crippen LogP contribution in [0, 0.1) is 0 Å². The van der Waals surface area contributed by atoms with E-state index < -0.39 is 5.60 Å². The van der Waals surface area contributed by atoms with Gasteiger partial charge in [-0.05, 0) is 24.3 Å². The van der Waals surface area contributed by atoms with Gasteiger partial charge in [0.1, 0.15) is 34.2 Å². The summed E-state index contributed by atoms with van der Waals surface area (Å²) < 4.78 is 22.7. The summed E-state index contributed by atoms with van der Waals surface area (Å²) >= 11 is 5.87. The van der Waals surface area contributed by atoms with Crippen molar-refractivity contribution >= 4 is 23.3 Å². The molecule has 170 valence electrons. The van der Waals surface area contributed by atoms with E-state index in [2.05, 4.69) is 0 Å². The molecule has 2 heterocycles. The smallest absolute Gasteiger partial charge is 0.226 e. The molecule has 1 fully saturated rings. The van der Waals surface area contributed by atoms with E-state index in [1.165, 1.54) is 7.11 Å². The first-order valence-electron chi connectivity index (χ1n) is 10.6. The summed E-state index contributed by atoms with van der Waals surface area (Å²) in [7, 11) is 3.08. The zero-order valence-corrected chi connectivity index (χ0v) is 18.9. The molecule has 0 bridgehead atoms. The first-order valence-corrected chi connectivity index (χ1v) is 11.0. The number of carbonyl (C=O) groups is 2. The molecule has 32 heavy (non-hydrogen) atoms. The molecule has 2 aliphatic heterocycles. The Hall–Kier alpha value is -2.93. The highest BCUT2D eigenvalue weighted by Gasteiger charge is 2.44. The van der Waals surface area contributed by atoms with Crippen LogP contribution in [-0.2, 0) is 4.79 Å². The third kappa shape index (κ3) is 4.63. The van der Waals surface area contributed by atoms with Crippen molar-refractivity contribution in [3.05, 3.63) is 47.0 Å². The molecule has 0 N–H and O–H groups in total. The number of halogens is 1. The molecule has 1 saturated heterocycles. The highest BCUT2D eigenvalue weighted by atomic mass is 35.5.